The molecule has 1 atom stereocenters. The fraction of sp³-hybridized carbons (Fsp3) is 0.526. The maximum Gasteiger partial charge on any atom is 0.311 e. The van der Waals surface area contributed by atoms with Crippen LogP contribution in [0, 0.1) is 22.7 Å². The van der Waals surface area contributed by atoms with Gasteiger partial charge in [-0.05, 0) is 31.7 Å². The molecule has 0 spiro atoms. The summed E-state index contributed by atoms with van der Waals surface area (Å²) >= 11 is 0. The molecule has 0 saturated heterocycles. The largest absolute Gasteiger partial charge is 0.466 e. The van der Waals surface area contributed by atoms with Gasteiger partial charge in [-0.3, -0.25) is 9.59 Å². The molecule has 1 aliphatic carbocycles. The van der Waals surface area contributed by atoms with Gasteiger partial charge >= 0.3 is 5.97 Å². The average Bonchev–Trinajstić information content (AvgIpc) is 3.09. The first-order chi connectivity index (χ1) is 11.6. The van der Waals surface area contributed by atoms with Crippen LogP contribution in [0.3, 0.4) is 0 Å². The third kappa shape index (κ3) is 4.35. The van der Waals surface area contributed by atoms with Gasteiger partial charge in [-0.25, -0.2) is 0 Å². The van der Waals surface area contributed by atoms with Gasteiger partial charge < -0.3 is 10.1 Å². The fourth-order valence-corrected chi connectivity index (χ4v) is 3.15. The number of hydrogen-bond acceptors (Lipinski definition) is 4. The van der Waals surface area contributed by atoms with Crippen LogP contribution in [-0.4, -0.2) is 25.0 Å². The van der Waals surface area contributed by atoms with Crippen LogP contribution in [-0.2, 0) is 20.7 Å². The Morgan fingerprint density at radius 2 is 1.96 bits per heavy atom. The standard InChI is InChI=1S/C19H24N2O3/c1-2-24-17(22)16(12-15-8-4-3-5-9-15)13-21-18(23)19(14-20)10-6-7-11-19/h3-5,8-9,16H,2,6-7,10-13H2,1H3,(H,21,23). The molecule has 0 aliphatic heterocycles. The van der Waals surface area contributed by atoms with E-state index in [4.69, 9.17) is 4.74 Å². The fourth-order valence-electron chi connectivity index (χ4n) is 3.15. The number of ether oxygens (including phenoxy) is 1. The molecule has 1 fully saturated rings. The van der Waals surface area contributed by atoms with E-state index in [0.29, 0.717) is 25.9 Å². The number of rotatable bonds is 7. The highest BCUT2D eigenvalue weighted by molar-refractivity contribution is 5.86. The van der Waals surface area contributed by atoms with Gasteiger partial charge in [0.15, 0.2) is 0 Å². The Labute approximate surface area is 143 Å². The van der Waals surface area contributed by atoms with Gasteiger partial charge in [0.25, 0.3) is 0 Å². The maximum absolute atomic E-state index is 12.4. The second kappa shape index (κ2) is 8.49. The van der Waals surface area contributed by atoms with Crippen LogP contribution in [0.2, 0.25) is 0 Å². The first-order valence-electron chi connectivity index (χ1n) is 8.51. The van der Waals surface area contributed by atoms with Crippen molar-refractivity contribution in [3.8, 4) is 6.07 Å². The first-order valence-corrected chi connectivity index (χ1v) is 8.51. The van der Waals surface area contributed by atoms with E-state index in [0.717, 1.165) is 18.4 Å². The molecule has 1 aromatic rings. The molecule has 0 heterocycles. The summed E-state index contributed by atoms with van der Waals surface area (Å²) in [7, 11) is 0. The number of nitrogens with one attached hydrogen (secondary N) is 1. The van der Waals surface area contributed by atoms with Crippen LogP contribution < -0.4 is 5.32 Å². The molecule has 0 bridgehead atoms. The molecule has 1 unspecified atom stereocenters. The summed E-state index contributed by atoms with van der Waals surface area (Å²) in [5.74, 6) is -1.03. The van der Waals surface area contributed by atoms with Crippen molar-refractivity contribution in [2.45, 2.75) is 39.0 Å². The van der Waals surface area contributed by atoms with Gasteiger partial charge in [-0.1, -0.05) is 43.2 Å². The topological polar surface area (TPSA) is 79.2 Å². The smallest absolute Gasteiger partial charge is 0.311 e. The van der Waals surface area contributed by atoms with Crippen molar-refractivity contribution in [2.75, 3.05) is 13.2 Å². The highest BCUT2D eigenvalue weighted by Crippen LogP contribution is 2.37. The van der Waals surface area contributed by atoms with E-state index < -0.39 is 11.3 Å². The number of carbonyl (C=O) groups excluding carboxylic acids is 2. The third-order valence-corrected chi connectivity index (χ3v) is 4.56. The number of esters is 1. The molecule has 2 rings (SSSR count). The molecule has 128 valence electrons. The Bertz CT molecular complexity index is 601. The highest BCUT2D eigenvalue weighted by atomic mass is 16.5. The normalized spacial score (nSPS) is 16.8. The number of nitrogens with zero attached hydrogens (tertiary/aromatic N) is 1. The maximum atomic E-state index is 12.4. The number of hydrogen-bond donors (Lipinski definition) is 1. The highest BCUT2D eigenvalue weighted by Gasteiger charge is 2.41. The summed E-state index contributed by atoms with van der Waals surface area (Å²) in [6.07, 6.45) is 3.48. The summed E-state index contributed by atoms with van der Waals surface area (Å²) in [6.45, 7) is 2.26. The molecule has 5 heteroatoms. The molecule has 0 aromatic heterocycles. The number of benzene rings is 1. The lowest BCUT2D eigenvalue weighted by Gasteiger charge is -2.22. The second-order valence-corrected chi connectivity index (χ2v) is 6.25. The van der Waals surface area contributed by atoms with Crippen molar-refractivity contribution in [1.82, 2.24) is 5.32 Å². The van der Waals surface area contributed by atoms with Gasteiger partial charge in [0.2, 0.25) is 5.91 Å². The Morgan fingerprint density at radius 1 is 1.29 bits per heavy atom. The average molecular weight is 328 g/mol. The molecule has 1 aromatic carbocycles. The first kappa shape index (κ1) is 18.0. The SMILES string of the molecule is CCOC(=O)C(CNC(=O)C1(C#N)CCCC1)Cc1ccccc1. The number of nitriles is 1. The Balaban J connectivity index is 2.01. The van der Waals surface area contributed by atoms with E-state index in [1.165, 1.54) is 0 Å². The van der Waals surface area contributed by atoms with E-state index in [2.05, 4.69) is 11.4 Å². The Morgan fingerprint density at radius 3 is 2.54 bits per heavy atom. The monoisotopic (exact) mass is 328 g/mol. The van der Waals surface area contributed by atoms with E-state index in [9.17, 15) is 14.9 Å². The lowest BCUT2D eigenvalue weighted by molar-refractivity contribution is -0.148. The van der Waals surface area contributed by atoms with Gasteiger partial charge in [-0.15, -0.1) is 0 Å². The predicted molar refractivity (Wildman–Crippen MR) is 89.8 cm³/mol. The van der Waals surface area contributed by atoms with Crippen molar-refractivity contribution in [2.24, 2.45) is 11.3 Å². The molecule has 1 amide bonds. The summed E-state index contributed by atoms with van der Waals surface area (Å²) in [5, 5.41) is 12.2. The van der Waals surface area contributed by atoms with Gasteiger partial charge in [0.1, 0.15) is 5.41 Å². The van der Waals surface area contributed by atoms with Gasteiger partial charge in [-0.2, -0.15) is 5.26 Å². The second-order valence-electron chi connectivity index (χ2n) is 6.25. The zero-order valence-corrected chi connectivity index (χ0v) is 14.1. The molecule has 1 saturated carbocycles. The number of carbonyl (C=O) groups is 2. The van der Waals surface area contributed by atoms with E-state index >= 15 is 0 Å². The van der Waals surface area contributed by atoms with Crippen molar-refractivity contribution in [3.63, 3.8) is 0 Å². The Hall–Kier alpha value is -2.35. The third-order valence-electron chi connectivity index (χ3n) is 4.56. The minimum absolute atomic E-state index is 0.190. The van der Waals surface area contributed by atoms with Gasteiger partial charge in [0, 0.05) is 6.54 Å². The van der Waals surface area contributed by atoms with Crippen molar-refractivity contribution >= 4 is 11.9 Å². The van der Waals surface area contributed by atoms with Crippen LogP contribution in [0.4, 0.5) is 0 Å². The molecule has 5 nitrogen and oxygen atoms in total. The molecule has 0 radical (unpaired) electrons. The lowest BCUT2D eigenvalue weighted by Crippen LogP contribution is -2.42. The van der Waals surface area contributed by atoms with E-state index in [1.54, 1.807) is 6.92 Å². The Kier molecular flexibility index (Phi) is 6.36. The van der Waals surface area contributed by atoms with Gasteiger partial charge in [0.05, 0.1) is 18.6 Å². The lowest BCUT2D eigenvalue weighted by atomic mass is 9.86. The van der Waals surface area contributed by atoms with Crippen molar-refractivity contribution < 1.29 is 14.3 Å². The van der Waals surface area contributed by atoms with Crippen LogP contribution in [0.15, 0.2) is 30.3 Å². The zero-order chi connectivity index (χ0) is 17.4. The quantitative estimate of drug-likeness (QED) is 0.780. The summed E-state index contributed by atoms with van der Waals surface area (Å²) in [6, 6.07) is 11.8. The molecular weight excluding hydrogens is 304 g/mol. The summed E-state index contributed by atoms with van der Waals surface area (Å²) < 4.78 is 5.13. The van der Waals surface area contributed by atoms with Crippen LogP contribution in [0.1, 0.15) is 38.2 Å². The van der Waals surface area contributed by atoms with E-state index in [1.807, 2.05) is 30.3 Å². The number of amides is 1. The van der Waals surface area contributed by atoms with Crippen LogP contribution >= 0.6 is 0 Å². The minimum Gasteiger partial charge on any atom is -0.466 e. The van der Waals surface area contributed by atoms with Crippen LogP contribution in [0.5, 0.6) is 0 Å². The van der Waals surface area contributed by atoms with Crippen molar-refractivity contribution in [1.29, 1.82) is 5.26 Å². The molecule has 24 heavy (non-hydrogen) atoms. The predicted octanol–water partition coefficient (Wildman–Crippen LogP) is 2.61. The van der Waals surface area contributed by atoms with Crippen LogP contribution in [0.25, 0.3) is 0 Å². The minimum atomic E-state index is -0.925. The zero-order valence-electron chi connectivity index (χ0n) is 14.1. The van der Waals surface area contributed by atoms with E-state index in [-0.39, 0.29) is 18.4 Å². The summed E-state index contributed by atoms with van der Waals surface area (Å²) in [4.78, 5) is 24.6. The molecule has 1 aliphatic rings. The molecule has 1 N–H and O–H groups in total. The molecular formula is C19H24N2O3. The van der Waals surface area contributed by atoms with Crippen molar-refractivity contribution in [3.05, 3.63) is 35.9 Å². The summed E-state index contributed by atoms with van der Waals surface area (Å²) in [5.41, 5.74) is 0.0899.